The minimum Gasteiger partial charge on any atom is -0.339 e. The standard InChI is InChI=1S/C15H18FN3O2/c16-12-3-1-11-2-4-14(20)19(13(11)9-12)10-15(21)18-7-5-17-6-8-18/h1,3,9,17H,2,4-8,10H2. The average Bonchev–Trinajstić information content (AvgIpc) is 2.51. The second-order valence-corrected chi connectivity index (χ2v) is 5.38. The third-order valence-electron chi connectivity index (χ3n) is 4.01. The number of amides is 2. The van der Waals surface area contributed by atoms with Gasteiger partial charge in [0.1, 0.15) is 12.4 Å². The molecule has 6 heteroatoms. The second-order valence-electron chi connectivity index (χ2n) is 5.38. The van der Waals surface area contributed by atoms with Crippen molar-refractivity contribution in [2.24, 2.45) is 0 Å². The lowest BCUT2D eigenvalue weighted by Gasteiger charge is -2.33. The van der Waals surface area contributed by atoms with E-state index in [4.69, 9.17) is 0 Å². The molecule has 0 saturated carbocycles. The average molecular weight is 291 g/mol. The lowest BCUT2D eigenvalue weighted by molar-refractivity contribution is -0.132. The van der Waals surface area contributed by atoms with E-state index >= 15 is 0 Å². The smallest absolute Gasteiger partial charge is 0.242 e. The van der Waals surface area contributed by atoms with Crippen molar-refractivity contribution < 1.29 is 14.0 Å². The van der Waals surface area contributed by atoms with Gasteiger partial charge in [-0.1, -0.05) is 6.07 Å². The minimum absolute atomic E-state index is 0.00468. The summed E-state index contributed by atoms with van der Waals surface area (Å²) in [5, 5.41) is 3.18. The zero-order valence-electron chi connectivity index (χ0n) is 11.8. The molecule has 0 aliphatic carbocycles. The monoisotopic (exact) mass is 291 g/mol. The van der Waals surface area contributed by atoms with Crippen molar-refractivity contribution in [3.63, 3.8) is 0 Å². The van der Waals surface area contributed by atoms with Gasteiger partial charge in [-0.2, -0.15) is 0 Å². The molecule has 112 valence electrons. The predicted octanol–water partition coefficient (Wildman–Crippen LogP) is 0.537. The van der Waals surface area contributed by atoms with Crippen molar-refractivity contribution >= 4 is 17.5 Å². The summed E-state index contributed by atoms with van der Waals surface area (Å²) in [6, 6.07) is 4.43. The van der Waals surface area contributed by atoms with Crippen LogP contribution in [0.2, 0.25) is 0 Å². The molecule has 0 radical (unpaired) electrons. The number of rotatable bonds is 2. The SMILES string of the molecule is O=C(CN1C(=O)CCc2ccc(F)cc21)N1CCNCC1. The van der Waals surface area contributed by atoms with Crippen LogP contribution in [-0.2, 0) is 16.0 Å². The first-order valence-corrected chi connectivity index (χ1v) is 7.22. The first kappa shape index (κ1) is 14.0. The molecule has 0 aromatic heterocycles. The Kier molecular flexibility index (Phi) is 3.88. The normalized spacial score (nSPS) is 18.6. The van der Waals surface area contributed by atoms with Crippen molar-refractivity contribution in [3.8, 4) is 0 Å². The number of hydrogen-bond donors (Lipinski definition) is 1. The van der Waals surface area contributed by atoms with E-state index in [1.54, 1.807) is 11.0 Å². The molecule has 2 amide bonds. The van der Waals surface area contributed by atoms with Crippen LogP contribution in [0.4, 0.5) is 10.1 Å². The van der Waals surface area contributed by atoms with Crippen molar-refractivity contribution in [1.29, 1.82) is 0 Å². The molecule has 3 rings (SSSR count). The van der Waals surface area contributed by atoms with Gasteiger partial charge in [-0.3, -0.25) is 9.59 Å². The summed E-state index contributed by atoms with van der Waals surface area (Å²) in [4.78, 5) is 27.6. The summed E-state index contributed by atoms with van der Waals surface area (Å²) in [5.74, 6) is -0.582. The van der Waals surface area contributed by atoms with E-state index in [1.807, 2.05) is 0 Å². The van der Waals surface area contributed by atoms with Crippen LogP contribution in [0.15, 0.2) is 18.2 Å². The van der Waals surface area contributed by atoms with Gasteiger partial charge in [0.25, 0.3) is 0 Å². The molecule has 1 aromatic rings. The summed E-state index contributed by atoms with van der Waals surface area (Å²) in [5.41, 5.74) is 1.46. The molecule has 2 heterocycles. The predicted molar refractivity (Wildman–Crippen MR) is 76.5 cm³/mol. The molecule has 0 bridgehead atoms. The Labute approximate surface area is 122 Å². The van der Waals surface area contributed by atoms with Gasteiger partial charge >= 0.3 is 0 Å². The third kappa shape index (κ3) is 2.90. The molecule has 5 nitrogen and oxygen atoms in total. The maximum Gasteiger partial charge on any atom is 0.242 e. The highest BCUT2D eigenvalue weighted by atomic mass is 19.1. The summed E-state index contributed by atoms with van der Waals surface area (Å²) in [6.45, 7) is 2.83. The van der Waals surface area contributed by atoms with E-state index in [9.17, 15) is 14.0 Å². The van der Waals surface area contributed by atoms with Crippen LogP contribution in [-0.4, -0.2) is 49.4 Å². The van der Waals surface area contributed by atoms with E-state index in [0.717, 1.165) is 18.7 Å². The van der Waals surface area contributed by atoms with Crippen LogP contribution in [0.25, 0.3) is 0 Å². The molecular weight excluding hydrogens is 273 g/mol. The van der Waals surface area contributed by atoms with Crippen molar-refractivity contribution in [1.82, 2.24) is 10.2 Å². The van der Waals surface area contributed by atoms with Gasteiger partial charge < -0.3 is 15.1 Å². The number of fused-ring (bicyclic) bond motifs is 1. The maximum atomic E-state index is 13.4. The van der Waals surface area contributed by atoms with E-state index in [-0.39, 0.29) is 24.2 Å². The summed E-state index contributed by atoms with van der Waals surface area (Å²) < 4.78 is 13.4. The fourth-order valence-electron chi connectivity index (χ4n) is 2.83. The third-order valence-corrected chi connectivity index (χ3v) is 4.01. The number of anilines is 1. The van der Waals surface area contributed by atoms with Gasteiger partial charge in [0.15, 0.2) is 0 Å². The van der Waals surface area contributed by atoms with E-state index in [2.05, 4.69) is 5.32 Å². The first-order valence-electron chi connectivity index (χ1n) is 7.22. The molecule has 2 aliphatic heterocycles. The van der Waals surface area contributed by atoms with E-state index in [0.29, 0.717) is 31.6 Å². The highest BCUT2D eigenvalue weighted by Crippen LogP contribution is 2.28. The number of carbonyl (C=O) groups is 2. The molecule has 0 atom stereocenters. The maximum absolute atomic E-state index is 13.4. The molecule has 1 fully saturated rings. The van der Waals surface area contributed by atoms with Gasteiger partial charge in [-0.25, -0.2) is 4.39 Å². The lowest BCUT2D eigenvalue weighted by Crippen LogP contribution is -2.51. The Hall–Kier alpha value is -1.95. The van der Waals surface area contributed by atoms with Crippen LogP contribution in [0.3, 0.4) is 0 Å². The Bertz CT molecular complexity index is 570. The second kappa shape index (κ2) is 5.81. The summed E-state index contributed by atoms with van der Waals surface area (Å²) in [6.07, 6.45) is 0.972. The summed E-state index contributed by atoms with van der Waals surface area (Å²) >= 11 is 0. The molecule has 1 aromatic carbocycles. The van der Waals surface area contributed by atoms with Crippen molar-refractivity contribution in [2.45, 2.75) is 12.8 Å². The number of halogens is 1. The fourth-order valence-corrected chi connectivity index (χ4v) is 2.83. The van der Waals surface area contributed by atoms with Crippen LogP contribution < -0.4 is 10.2 Å². The zero-order chi connectivity index (χ0) is 14.8. The fraction of sp³-hybridized carbons (Fsp3) is 0.467. The Morgan fingerprint density at radius 1 is 1.24 bits per heavy atom. The quantitative estimate of drug-likeness (QED) is 0.865. The van der Waals surface area contributed by atoms with Crippen LogP contribution >= 0.6 is 0 Å². The van der Waals surface area contributed by atoms with Crippen LogP contribution in [0.5, 0.6) is 0 Å². The van der Waals surface area contributed by atoms with Crippen molar-refractivity contribution in [2.75, 3.05) is 37.6 Å². The van der Waals surface area contributed by atoms with Gasteiger partial charge in [0.2, 0.25) is 11.8 Å². The van der Waals surface area contributed by atoms with Crippen molar-refractivity contribution in [3.05, 3.63) is 29.6 Å². The number of nitrogens with zero attached hydrogens (tertiary/aromatic N) is 2. The number of benzene rings is 1. The number of aryl methyl sites for hydroxylation is 1. The highest BCUT2D eigenvalue weighted by Gasteiger charge is 2.28. The molecule has 1 N–H and O–H groups in total. The Balaban J connectivity index is 1.79. The highest BCUT2D eigenvalue weighted by molar-refractivity contribution is 6.01. The van der Waals surface area contributed by atoms with Gasteiger partial charge in [-0.15, -0.1) is 0 Å². The van der Waals surface area contributed by atoms with Gasteiger partial charge in [-0.05, 0) is 24.1 Å². The number of piperazine rings is 1. The van der Waals surface area contributed by atoms with Gasteiger partial charge in [0, 0.05) is 32.6 Å². The largest absolute Gasteiger partial charge is 0.339 e. The number of hydrogen-bond acceptors (Lipinski definition) is 3. The Morgan fingerprint density at radius 2 is 2.00 bits per heavy atom. The lowest BCUT2D eigenvalue weighted by atomic mass is 10.0. The zero-order valence-corrected chi connectivity index (χ0v) is 11.8. The molecular formula is C15H18FN3O2. The van der Waals surface area contributed by atoms with Crippen LogP contribution in [0, 0.1) is 5.82 Å². The van der Waals surface area contributed by atoms with Crippen LogP contribution in [0.1, 0.15) is 12.0 Å². The molecule has 1 saturated heterocycles. The molecule has 0 unspecified atom stereocenters. The van der Waals surface area contributed by atoms with Gasteiger partial charge in [0.05, 0.1) is 5.69 Å². The minimum atomic E-state index is -0.386. The first-order chi connectivity index (χ1) is 10.1. The van der Waals surface area contributed by atoms with E-state index in [1.165, 1.54) is 17.0 Å². The Morgan fingerprint density at radius 3 is 2.76 bits per heavy atom. The number of carbonyl (C=O) groups excluding carboxylic acids is 2. The molecule has 2 aliphatic rings. The molecule has 21 heavy (non-hydrogen) atoms. The topological polar surface area (TPSA) is 52.7 Å². The number of nitrogens with one attached hydrogen (secondary N) is 1. The summed E-state index contributed by atoms with van der Waals surface area (Å²) in [7, 11) is 0. The van der Waals surface area contributed by atoms with E-state index < -0.39 is 0 Å². The molecule has 0 spiro atoms.